The van der Waals surface area contributed by atoms with Crippen molar-refractivity contribution in [1.29, 1.82) is 0 Å². The molecule has 1 aliphatic heterocycles. The molecule has 0 amide bonds. The lowest BCUT2D eigenvalue weighted by atomic mass is 10.0. The van der Waals surface area contributed by atoms with Gasteiger partial charge < -0.3 is 14.6 Å². The maximum atomic E-state index is 10.3. The summed E-state index contributed by atoms with van der Waals surface area (Å²) in [5, 5.41) is 10.3. The highest BCUT2D eigenvalue weighted by Crippen LogP contribution is 2.33. The average molecular weight is 250 g/mol. The topological polar surface area (TPSA) is 38.7 Å². The Labute approximate surface area is 109 Å². The van der Waals surface area contributed by atoms with Crippen LogP contribution >= 0.6 is 0 Å². The molecule has 3 nitrogen and oxygen atoms in total. The van der Waals surface area contributed by atoms with Crippen LogP contribution in [0, 0.1) is 5.92 Å². The molecule has 3 atom stereocenters. The van der Waals surface area contributed by atoms with Crippen LogP contribution in [-0.2, 0) is 4.74 Å². The van der Waals surface area contributed by atoms with Crippen molar-refractivity contribution in [2.45, 2.75) is 38.9 Å². The summed E-state index contributed by atoms with van der Waals surface area (Å²) in [6.45, 7) is 5.46. The SMILES string of the molecule is CCCC(C)COC1COc2ccccc2C1O. The standard InChI is InChI=1S/C15H22O3/c1-3-6-11(2)9-17-14-10-18-13-8-5-4-7-12(13)15(14)16/h4-5,7-8,11,14-16H,3,6,9-10H2,1-2H3. The van der Waals surface area contributed by atoms with Crippen LogP contribution in [0.2, 0.25) is 0 Å². The minimum atomic E-state index is -0.580. The first-order chi connectivity index (χ1) is 8.72. The lowest BCUT2D eigenvalue weighted by molar-refractivity contribution is -0.0808. The van der Waals surface area contributed by atoms with Crippen molar-refractivity contribution < 1.29 is 14.6 Å². The summed E-state index contributed by atoms with van der Waals surface area (Å²) < 4.78 is 11.4. The van der Waals surface area contributed by atoms with Crippen molar-refractivity contribution in [3.05, 3.63) is 29.8 Å². The van der Waals surface area contributed by atoms with Crippen LogP contribution in [0.15, 0.2) is 24.3 Å². The van der Waals surface area contributed by atoms with Gasteiger partial charge in [0.05, 0.1) is 0 Å². The van der Waals surface area contributed by atoms with E-state index < -0.39 is 6.10 Å². The van der Waals surface area contributed by atoms with Crippen LogP contribution in [0.1, 0.15) is 38.4 Å². The summed E-state index contributed by atoms with van der Waals surface area (Å²) >= 11 is 0. The fraction of sp³-hybridized carbons (Fsp3) is 0.600. The van der Waals surface area contributed by atoms with Crippen LogP contribution in [0.3, 0.4) is 0 Å². The lowest BCUT2D eigenvalue weighted by Crippen LogP contribution is -2.34. The molecule has 0 aliphatic carbocycles. The second-order valence-corrected chi connectivity index (χ2v) is 5.06. The van der Waals surface area contributed by atoms with E-state index in [1.165, 1.54) is 0 Å². The van der Waals surface area contributed by atoms with Gasteiger partial charge in [-0.2, -0.15) is 0 Å². The molecule has 0 spiro atoms. The molecule has 0 bridgehead atoms. The highest BCUT2D eigenvalue weighted by molar-refractivity contribution is 5.37. The molecule has 2 rings (SSSR count). The lowest BCUT2D eigenvalue weighted by Gasteiger charge is -2.30. The minimum Gasteiger partial charge on any atom is -0.490 e. The summed E-state index contributed by atoms with van der Waals surface area (Å²) in [6, 6.07) is 7.60. The van der Waals surface area contributed by atoms with E-state index >= 15 is 0 Å². The molecule has 100 valence electrons. The smallest absolute Gasteiger partial charge is 0.125 e. The first kappa shape index (κ1) is 13.4. The van der Waals surface area contributed by atoms with Gasteiger partial charge in [0.15, 0.2) is 0 Å². The maximum absolute atomic E-state index is 10.3. The predicted octanol–water partition coefficient (Wildman–Crippen LogP) is 2.93. The number of rotatable bonds is 5. The number of aliphatic hydroxyl groups is 1. The Bertz CT molecular complexity index is 378. The molecule has 0 fully saturated rings. The Hall–Kier alpha value is -1.06. The molecule has 0 radical (unpaired) electrons. The summed E-state index contributed by atoms with van der Waals surface area (Å²) in [5.74, 6) is 1.30. The second-order valence-electron chi connectivity index (χ2n) is 5.06. The quantitative estimate of drug-likeness (QED) is 0.873. The van der Waals surface area contributed by atoms with Crippen molar-refractivity contribution in [3.8, 4) is 5.75 Å². The van der Waals surface area contributed by atoms with E-state index in [-0.39, 0.29) is 6.10 Å². The summed E-state index contributed by atoms with van der Waals surface area (Å²) in [7, 11) is 0. The van der Waals surface area contributed by atoms with Crippen molar-refractivity contribution in [2.24, 2.45) is 5.92 Å². The van der Waals surface area contributed by atoms with Gasteiger partial charge in [0.1, 0.15) is 24.6 Å². The Morgan fingerprint density at radius 3 is 3.00 bits per heavy atom. The zero-order valence-electron chi connectivity index (χ0n) is 11.1. The van der Waals surface area contributed by atoms with Gasteiger partial charge in [0.25, 0.3) is 0 Å². The van der Waals surface area contributed by atoms with Gasteiger partial charge in [-0.1, -0.05) is 38.5 Å². The summed E-state index contributed by atoms with van der Waals surface area (Å²) in [6.07, 6.45) is 1.49. The highest BCUT2D eigenvalue weighted by Gasteiger charge is 2.29. The molecule has 1 aliphatic rings. The molecule has 3 heteroatoms. The van der Waals surface area contributed by atoms with Crippen LogP contribution in [0.4, 0.5) is 0 Å². The minimum absolute atomic E-state index is 0.251. The van der Waals surface area contributed by atoms with Crippen molar-refractivity contribution in [1.82, 2.24) is 0 Å². The molecule has 1 N–H and O–H groups in total. The van der Waals surface area contributed by atoms with Gasteiger partial charge in [0.2, 0.25) is 0 Å². The highest BCUT2D eigenvalue weighted by atomic mass is 16.5. The van der Waals surface area contributed by atoms with Crippen LogP contribution in [-0.4, -0.2) is 24.4 Å². The molecule has 3 unspecified atom stereocenters. The molecular formula is C15H22O3. The third-order valence-corrected chi connectivity index (χ3v) is 3.37. The normalized spacial score (nSPS) is 24.2. The number of fused-ring (bicyclic) bond motifs is 1. The molecule has 0 saturated carbocycles. The largest absolute Gasteiger partial charge is 0.490 e. The van der Waals surface area contributed by atoms with Gasteiger partial charge in [-0.15, -0.1) is 0 Å². The van der Waals surface area contributed by atoms with E-state index in [9.17, 15) is 5.11 Å². The zero-order chi connectivity index (χ0) is 13.0. The zero-order valence-corrected chi connectivity index (χ0v) is 11.1. The van der Waals surface area contributed by atoms with E-state index in [1.807, 2.05) is 24.3 Å². The number of benzene rings is 1. The van der Waals surface area contributed by atoms with Gasteiger partial charge in [-0.05, 0) is 18.4 Å². The Balaban J connectivity index is 1.93. The fourth-order valence-corrected chi connectivity index (χ4v) is 2.32. The Morgan fingerprint density at radius 1 is 1.44 bits per heavy atom. The van der Waals surface area contributed by atoms with Crippen molar-refractivity contribution >= 4 is 0 Å². The molecule has 1 aromatic carbocycles. The number of hydrogen-bond acceptors (Lipinski definition) is 3. The van der Waals surface area contributed by atoms with Gasteiger partial charge in [-0.3, -0.25) is 0 Å². The molecule has 18 heavy (non-hydrogen) atoms. The molecule has 1 heterocycles. The van der Waals surface area contributed by atoms with E-state index in [4.69, 9.17) is 9.47 Å². The van der Waals surface area contributed by atoms with E-state index in [0.29, 0.717) is 19.1 Å². The summed E-state index contributed by atoms with van der Waals surface area (Å²) in [4.78, 5) is 0. The molecule has 0 aromatic heterocycles. The van der Waals surface area contributed by atoms with Crippen LogP contribution < -0.4 is 4.74 Å². The number of ether oxygens (including phenoxy) is 2. The van der Waals surface area contributed by atoms with Gasteiger partial charge in [-0.25, -0.2) is 0 Å². The van der Waals surface area contributed by atoms with Crippen LogP contribution in [0.25, 0.3) is 0 Å². The second kappa shape index (κ2) is 6.21. The molecule has 1 aromatic rings. The Kier molecular flexibility index (Phi) is 4.61. The predicted molar refractivity (Wildman–Crippen MR) is 70.7 cm³/mol. The molecule has 0 saturated heterocycles. The summed E-state index contributed by atoms with van der Waals surface area (Å²) in [5.41, 5.74) is 0.830. The number of aliphatic hydroxyl groups excluding tert-OH is 1. The fourth-order valence-electron chi connectivity index (χ4n) is 2.32. The number of para-hydroxylation sites is 1. The first-order valence-corrected chi connectivity index (χ1v) is 6.73. The van der Waals surface area contributed by atoms with E-state index in [2.05, 4.69) is 13.8 Å². The average Bonchev–Trinajstić information content (AvgIpc) is 2.39. The van der Waals surface area contributed by atoms with Crippen LogP contribution in [0.5, 0.6) is 5.75 Å². The Morgan fingerprint density at radius 2 is 2.22 bits per heavy atom. The van der Waals surface area contributed by atoms with Gasteiger partial charge >= 0.3 is 0 Å². The first-order valence-electron chi connectivity index (χ1n) is 6.73. The molecular weight excluding hydrogens is 228 g/mol. The van der Waals surface area contributed by atoms with E-state index in [1.54, 1.807) is 0 Å². The van der Waals surface area contributed by atoms with E-state index in [0.717, 1.165) is 24.2 Å². The third kappa shape index (κ3) is 3.03. The monoisotopic (exact) mass is 250 g/mol. The third-order valence-electron chi connectivity index (χ3n) is 3.37. The van der Waals surface area contributed by atoms with Crippen molar-refractivity contribution in [2.75, 3.05) is 13.2 Å². The number of hydrogen-bond donors (Lipinski definition) is 1. The van der Waals surface area contributed by atoms with Gasteiger partial charge in [0, 0.05) is 12.2 Å². The van der Waals surface area contributed by atoms with Crippen molar-refractivity contribution in [3.63, 3.8) is 0 Å². The maximum Gasteiger partial charge on any atom is 0.125 e.